The highest BCUT2D eigenvalue weighted by Gasteiger charge is 2.43. The highest BCUT2D eigenvalue weighted by molar-refractivity contribution is 7.99. The Morgan fingerprint density at radius 2 is 2.60 bits per heavy atom. The van der Waals surface area contributed by atoms with Gasteiger partial charge in [0.2, 0.25) is 0 Å². The van der Waals surface area contributed by atoms with Gasteiger partial charge in [-0.2, -0.15) is 11.8 Å². The summed E-state index contributed by atoms with van der Waals surface area (Å²) in [7, 11) is 0. The van der Waals surface area contributed by atoms with Gasteiger partial charge in [-0.3, -0.25) is 0 Å². The molecule has 1 aliphatic rings. The zero-order valence-electron chi connectivity index (χ0n) is 8.14. The first kappa shape index (κ1) is 10.6. The van der Waals surface area contributed by atoms with E-state index in [2.05, 4.69) is 0 Å². The minimum absolute atomic E-state index is 0.222. The van der Waals surface area contributed by atoms with Crippen molar-refractivity contribution in [1.82, 2.24) is 0 Å². The number of aliphatic carboxylic acids is 1. The lowest BCUT2D eigenvalue weighted by atomic mass is 10.0. The molecule has 1 aromatic heterocycles. The Bertz CT molecular complexity index is 327. The average molecular weight is 228 g/mol. The summed E-state index contributed by atoms with van der Waals surface area (Å²) in [5.41, 5.74) is -1.02. The quantitative estimate of drug-likeness (QED) is 0.850. The van der Waals surface area contributed by atoms with Gasteiger partial charge in [0, 0.05) is 5.75 Å². The van der Waals surface area contributed by atoms with Crippen molar-refractivity contribution in [3.05, 3.63) is 24.2 Å². The van der Waals surface area contributed by atoms with Gasteiger partial charge < -0.3 is 14.3 Å². The van der Waals surface area contributed by atoms with Gasteiger partial charge in [-0.25, -0.2) is 4.79 Å². The summed E-state index contributed by atoms with van der Waals surface area (Å²) >= 11 is 1.61. The molecule has 1 atom stereocenters. The summed E-state index contributed by atoms with van der Waals surface area (Å²) in [6, 6.07) is 3.53. The van der Waals surface area contributed by atoms with Gasteiger partial charge in [-0.1, -0.05) is 0 Å². The topological polar surface area (TPSA) is 59.7 Å². The first-order valence-electron chi connectivity index (χ1n) is 4.70. The molecule has 1 unspecified atom stereocenters. The second-order valence-electron chi connectivity index (χ2n) is 3.47. The van der Waals surface area contributed by atoms with Gasteiger partial charge in [0.15, 0.2) is 5.60 Å². The van der Waals surface area contributed by atoms with Crippen LogP contribution < -0.4 is 0 Å². The van der Waals surface area contributed by atoms with Crippen LogP contribution in [0.4, 0.5) is 0 Å². The van der Waals surface area contributed by atoms with E-state index in [4.69, 9.17) is 14.3 Å². The smallest absolute Gasteiger partial charge is 0.336 e. The molecule has 15 heavy (non-hydrogen) atoms. The molecular formula is C10H12O4S. The lowest BCUT2D eigenvalue weighted by Gasteiger charge is -2.22. The SMILES string of the molecule is O=C(O)C1(OCc2ccco2)CCSC1. The largest absolute Gasteiger partial charge is 0.479 e. The molecule has 0 aliphatic carbocycles. The third kappa shape index (κ3) is 2.18. The predicted octanol–water partition coefficient (Wildman–Crippen LogP) is 1.76. The van der Waals surface area contributed by atoms with Crippen LogP contribution in [0, 0.1) is 0 Å². The summed E-state index contributed by atoms with van der Waals surface area (Å²) in [5.74, 6) is 1.14. The van der Waals surface area contributed by atoms with Crippen LogP contribution in [0.5, 0.6) is 0 Å². The monoisotopic (exact) mass is 228 g/mol. The molecule has 0 radical (unpaired) electrons. The van der Waals surface area contributed by atoms with Crippen LogP contribution in [-0.4, -0.2) is 28.2 Å². The van der Waals surface area contributed by atoms with Crippen LogP contribution in [-0.2, 0) is 16.1 Å². The standard InChI is InChI=1S/C10H12O4S/c11-9(12)10(3-5-15-7-10)14-6-8-2-1-4-13-8/h1-2,4H,3,5-7H2,(H,11,12). The zero-order valence-corrected chi connectivity index (χ0v) is 8.96. The molecule has 1 fully saturated rings. The van der Waals surface area contributed by atoms with E-state index < -0.39 is 11.6 Å². The first-order valence-corrected chi connectivity index (χ1v) is 5.86. The molecule has 1 aliphatic heterocycles. The maximum atomic E-state index is 11.1. The minimum atomic E-state index is -1.02. The summed E-state index contributed by atoms with van der Waals surface area (Å²) in [5, 5.41) is 9.12. The Labute approximate surface area is 91.6 Å². The van der Waals surface area contributed by atoms with Gasteiger partial charge in [0.1, 0.15) is 12.4 Å². The van der Waals surface area contributed by atoms with Crippen molar-refractivity contribution in [3.63, 3.8) is 0 Å². The Morgan fingerprint density at radius 1 is 1.73 bits per heavy atom. The number of rotatable bonds is 4. The van der Waals surface area contributed by atoms with Crippen LogP contribution in [0.1, 0.15) is 12.2 Å². The van der Waals surface area contributed by atoms with E-state index in [-0.39, 0.29) is 6.61 Å². The van der Waals surface area contributed by atoms with E-state index in [1.165, 1.54) is 0 Å². The van der Waals surface area contributed by atoms with E-state index >= 15 is 0 Å². The lowest BCUT2D eigenvalue weighted by Crippen LogP contribution is -2.41. The molecule has 2 heterocycles. The second-order valence-corrected chi connectivity index (χ2v) is 4.58. The Hall–Kier alpha value is -0.940. The summed E-state index contributed by atoms with van der Waals surface area (Å²) < 4.78 is 10.6. The molecule has 82 valence electrons. The third-order valence-electron chi connectivity index (χ3n) is 2.45. The Balaban J connectivity index is 1.99. The summed E-state index contributed by atoms with van der Waals surface area (Å²) in [6.07, 6.45) is 2.11. The van der Waals surface area contributed by atoms with Gasteiger partial charge in [0.25, 0.3) is 0 Å². The third-order valence-corrected chi connectivity index (χ3v) is 3.61. The van der Waals surface area contributed by atoms with Crippen molar-refractivity contribution in [2.24, 2.45) is 0 Å². The van der Waals surface area contributed by atoms with E-state index in [1.807, 2.05) is 0 Å². The average Bonchev–Trinajstić information content (AvgIpc) is 2.87. The fourth-order valence-corrected chi connectivity index (χ4v) is 2.79. The number of ether oxygens (including phenoxy) is 1. The zero-order chi connectivity index (χ0) is 10.7. The number of thioether (sulfide) groups is 1. The number of carboxylic acid groups (broad SMARTS) is 1. The van der Waals surface area contributed by atoms with Crippen LogP contribution >= 0.6 is 11.8 Å². The number of furan rings is 1. The Kier molecular flexibility index (Phi) is 3.02. The predicted molar refractivity (Wildman–Crippen MR) is 55.8 cm³/mol. The van der Waals surface area contributed by atoms with Crippen LogP contribution in [0.25, 0.3) is 0 Å². The summed E-state index contributed by atoms with van der Waals surface area (Å²) in [6.45, 7) is 0.222. The van der Waals surface area contributed by atoms with Crippen molar-refractivity contribution in [2.45, 2.75) is 18.6 Å². The van der Waals surface area contributed by atoms with Gasteiger partial charge in [0.05, 0.1) is 6.26 Å². The minimum Gasteiger partial charge on any atom is -0.479 e. The van der Waals surface area contributed by atoms with E-state index in [1.54, 1.807) is 30.2 Å². The molecule has 1 saturated heterocycles. The van der Waals surface area contributed by atoms with Crippen molar-refractivity contribution in [3.8, 4) is 0 Å². The van der Waals surface area contributed by atoms with E-state index in [9.17, 15) is 4.79 Å². The summed E-state index contributed by atoms with van der Waals surface area (Å²) in [4.78, 5) is 11.1. The van der Waals surface area contributed by atoms with Crippen LogP contribution in [0.3, 0.4) is 0 Å². The van der Waals surface area contributed by atoms with Gasteiger partial charge in [-0.05, 0) is 24.3 Å². The fraction of sp³-hybridized carbons (Fsp3) is 0.500. The molecule has 4 nitrogen and oxygen atoms in total. The number of hydrogen-bond donors (Lipinski definition) is 1. The molecule has 1 N–H and O–H groups in total. The molecule has 0 spiro atoms. The maximum absolute atomic E-state index is 11.1. The van der Waals surface area contributed by atoms with Crippen molar-refractivity contribution in [2.75, 3.05) is 11.5 Å². The molecule has 0 amide bonds. The second kappa shape index (κ2) is 4.28. The van der Waals surface area contributed by atoms with Crippen molar-refractivity contribution >= 4 is 17.7 Å². The Morgan fingerprint density at radius 3 is 3.13 bits per heavy atom. The number of carbonyl (C=O) groups is 1. The molecule has 5 heteroatoms. The maximum Gasteiger partial charge on any atom is 0.336 e. The lowest BCUT2D eigenvalue weighted by molar-refractivity contribution is -0.164. The van der Waals surface area contributed by atoms with E-state index in [0.717, 1.165) is 5.75 Å². The molecule has 1 aromatic rings. The normalized spacial score (nSPS) is 25.6. The van der Waals surface area contributed by atoms with Crippen molar-refractivity contribution in [1.29, 1.82) is 0 Å². The number of carboxylic acids is 1. The molecule has 0 saturated carbocycles. The van der Waals surface area contributed by atoms with E-state index in [0.29, 0.717) is 17.9 Å². The van der Waals surface area contributed by atoms with Crippen molar-refractivity contribution < 1.29 is 19.1 Å². The fourth-order valence-electron chi connectivity index (χ4n) is 1.49. The van der Waals surface area contributed by atoms with Crippen LogP contribution in [0.2, 0.25) is 0 Å². The first-order chi connectivity index (χ1) is 7.23. The van der Waals surface area contributed by atoms with Gasteiger partial charge >= 0.3 is 5.97 Å². The molecule has 2 rings (SSSR count). The van der Waals surface area contributed by atoms with Gasteiger partial charge in [-0.15, -0.1) is 0 Å². The molecule has 0 aromatic carbocycles. The molecular weight excluding hydrogens is 216 g/mol. The van der Waals surface area contributed by atoms with Crippen LogP contribution in [0.15, 0.2) is 22.8 Å². The molecule has 0 bridgehead atoms. The number of hydrogen-bond acceptors (Lipinski definition) is 4. The highest BCUT2D eigenvalue weighted by Crippen LogP contribution is 2.32. The highest BCUT2D eigenvalue weighted by atomic mass is 32.2.